The maximum Gasteiger partial charge on any atom is 0.179 e. The number of benzene rings is 1. The molecule has 0 radical (unpaired) electrons. The number of hydrogen-bond donors (Lipinski definition) is 1. The van der Waals surface area contributed by atoms with Gasteiger partial charge in [0.25, 0.3) is 0 Å². The minimum absolute atomic E-state index is 0.229. The molecular formula is C15H23NO2S2. The Morgan fingerprint density at radius 2 is 1.80 bits per heavy atom. The average molecular weight is 313 g/mol. The van der Waals surface area contributed by atoms with Gasteiger partial charge in [-0.3, -0.25) is 0 Å². The first kappa shape index (κ1) is 15.9. The van der Waals surface area contributed by atoms with Crippen LogP contribution in [0.4, 0.5) is 0 Å². The van der Waals surface area contributed by atoms with Gasteiger partial charge in [0.05, 0.1) is 10.6 Å². The molecule has 1 saturated carbocycles. The Morgan fingerprint density at radius 3 is 2.40 bits per heavy atom. The molecule has 5 heteroatoms. The second-order valence-corrected chi connectivity index (χ2v) is 8.65. The molecule has 20 heavy (non-hydrogen) atoms. The van der Waals surface area contributed by atoms with Gasteiger partial charge in [-0.15, -0.1) is 0 Å². The molecule has 0 unspecified atom stereocenters. The fourth-order valence-corrected chi connectivity index (χ4v) is 5.52. The van der Waals surface area contributed by atoms with Crippen LogP contribution in [0.5, 0.6) is 0 Å². The summed E-state index contributed by atoms with van der Waals surface area (Å²) in [5, 5.41) is 0. The molecule has 0 atom stereocenters. The van der Waals surface area contributed by atoms with Crippen molar-refractivity contribution in [3.63, 3.8) is 0 Å². The number of nitrogens with two attached hydrogens (primary N) is 1. The molecule has 1 aliphatic rings. The topological polar surface area (TPSA) is 60.2 Å². The summed E-state index contributed by atoms with van der Waals surface area (Å²) >= 11 is 1.78. The van der Waals surface area contributed by atoms with Gasteiger partial charge in [-0.2, -0.15) is 11.8 Å². The molecular weight excluding hydrogens is 290 g/mol. The second kappa shape index (κ2) is 7.48. The van der Waals surface area contributed by atoms with E-state index >= 15 is 0 Å². The van der Waals surface area contributed by atoms with Crippen LogP contribution in [0, 0.1) is 5.92 Å². The number of thioether (sulfide) groups is 1. The van der Waals surface area contributed by atoms with Crippen molar-refractivity contribution in [2.45, 2.75) is 37.1 Å². The maximum absolute atomic E-state index is 12.2. The Morgan fingerprint density at radius 1 is 1.15 bits per heavy atom. The minimum atomic E-state index is -3.14. The van der Waals surface area contributed by atoms with Gasteiger partial charge in [-0.25, -0.2) is 8.42 Å². The van der Waals surface area contributed by atoms with Gasteiger partial charge >= 0.3 is 0 Å². The van der Waals surface area contributed by atoms with E-state index in [1.54, 1.807) is 36.0 Å². The molecule has 112 valence electrons. The van der Waals surface area contributed by atoms with Gasteiger partial charge < -0.3 is 5.73 Å². The van der Waals surface area contributed by atoms with E-state index in [0.717, 1.165) is 17.2 Å². The van der Waals surface area contributed by atoms with Crippen LogP contribution in [0.25, 0.3) is 0 Å². The van der Waals surface area contributed by atoms with E-state index in [9.17, 15) is 8.42 Å². The highest BCUT2D eigenvalue weighted by atomic mass is 32.2. The van der Waals surface area contributed by atoms with Gasteiger partial charge in [0.1, 0.15) is 0 Å². The Labute approximate surface area is 126 Å². The third-order valence-electron chi connectivity index (χ3n) is 3.84. The van der Waals surface area contributed by atoms with Crippen molar-refractivity contribution < 1.29 is 8.42 Å². The predicted octanol–water partition coefficient (Wildman–Crippen LogP) is 2.84. The second-order valence-electron chi connectivity index (χ2n) is 5.39. The van der Waals surface area contributed by atoms with Crippen molar-refractivity contribution in [1.29, 1.82) is 0 Å². The fourth-order valence-electron chi connectivity index (χ4n) is 2.55. The summed E-state index contributed by atoms with van der Waals surface area (Å²) in [6, 6.07) is 6.91. The Hall–Kier alpha value is -0.520. The van der Waals surface area contributed by atoms with E-state index in [0.29, 0.717) is 17.2 Å². The van der Waals surface area contributed by atoms with Crippen LogP contribution < -0.4 is 5.73 Å². The highest BCUT2D eigenvalue weighted by molar-refractivity contribution is 8.00. The van der Waals surface area contributed by atoms with Crippen molar-refractivity contribution in [2.24, 2.45) is 11.7 Å². The molecule has 2 rings (SSSR count). The molecule has 2 N–H and O–H groups in total. The number of rotatable bonds is 7. The largest absolute Gasteiger partial charge is 0.326 e. The van der Waals surface area contributed by atoms with Crippen LogP contribution in [0.3, 0.4) is 0 Å². The first-order chi connectivity index (χ1) is 9.62. The smallest absolute Gasteiger partial charge is 0.179 e. The lowest BCUT2D eigenvalue weighted by Crippen LogP contribution is -2.10. The first-order valence-electron chi connectivity index (χ1n) is 7.21. The highest BCUT2D eigenvalue weighted by Crippen LogP contribution is 2.28. The number of hydrogen-bond acceptors (Lipinski definition) is 4. The van der Waals surface area contributed by atoms with E-state index in [-0.39, 0.29) is 5.75 Å². The maximum atomic E-state index is 12.2. The summed E-state index contributed by atoms with van der Waals surface area (Å²) < 4.78 is 24.4. The summed E-state index contributed by atoms with van der Waals surface area (Å²) in [4.78, 5) is 0.413. The number of sulfone groups is 1. The lowest BCUT2D eigenvalue weighted by molar-refractivity contribution is 0.597. The van der Waals surface area contributed by atoms with Gasteiger partial charge in [-0.1, -0.05) is 25.0 Å². The molecule has 1 aliphatic carbocycles. The molecule has 0 amide bonds. The summed E-state index contributed by atoms with van der Waals surface area (Å²) in [6.07, 6.45) is 5.33. The molecule has 1 fully saturated rings. The quantitative estimate of drug-likeness (QED) is 0.786. The van der Waals surface area contributed by atoms with Crippen molar-refractivity contribution in [1.82, 2.24) is 0 Å². The summed E-state index contributed by atoms with van der Waals surface area (Å²) in [6.45, 7) is 0.442. The fraction of sp³-hybridized carbons (Fsp3) is 0.600. The monoisotopic (exact) mass is 313 g/mol. The molecule has 0 aromatic heterocycles. The van der Waals surface area contributed by atoms with E-state index in [1.165, 1.54) is 25.7 Å². The lowest BCUT2D eigenvalue weighted by Gasteiger charge is -2.09. The molecule has 0 heterocycles. The molecule has 1 aromatic rings. The van der Waals surface area contributed by atoms with E-state index in [1.807, 2.05) is 0 Å². The predicted molar refractivity (Wildman–Crippen MR) is 85.7 cm³/mol. The zero-order chi connectivity index (χ0) is 14.4. The van der Waals surface area contributed by atoms with Crippen LogP contribution in [0.1, 0.15) is 31.2 Å². The van der Waals surface area contributed by atoms with E-state index in [4.69, 9.17) is 5.73 Å². The van der Waals surface area contributed by atoms with E-state index < -0.39 is 9.84 Å². The van der Waals surface area contributed by atoms with Gasteiger partial charge in [0.15, 0.2) is 9.84 Å². The summed E-state index contributed by atoms with van der Waals surface area (Å²) in [5.41, 5.74) is 6.47. The van der Waals surface area contributed by atoms with E-state index in [2.05, 4.69) is 0 Å². The molecule has 0 saturated heterocycles. The third kappa shape index (κ3) is 4.50. The van der Waals surface area contributed by atoms with Crippen molar-refractivity contribution in [3.8, 4) is 0 Å². The van der Waals surface area contributed by atoms with Crippen molar-refractivity contribution in [2.75, 3.05) is 17.3 Å². The van der Waals surface area contributed by atoms with Crippen LogP contribution in [0.15, 0.2) is 29.2 Å². The zero-order valence-electron chi connectivity index (χ0n) is 11.8. The molecule has 0 bridgehead atoms. The van der Waals surface area contributed by atoms with Crippen LogP contribution in [-0.4, -0.2) is 25.7 Å². The summed E-state index contributed by atoms with van der Waals surface area (Å²) in [5.74, 6) is 2.84. The standard InChI is InChI=1S/C15H23NO2S2/c16-11-13-5-7-15(8-6-13)20(17,18)10-9-19-12-14-3-1-2-4-14/h5-8,14H,1-4,9-12,16H2. The van der Waals surface area contributed by atoms with Crippen molar-refractivity contribution >= 4 is 21.6 Å². The van der Waals surface area contributed by atoms with Crippen LogP contribution in [-0.2, 0) is 16.4 Å². The molecule has 0 spiro atoms. The molecule has 0 aliphatic heterocycles. The van der Waals surface area contributed by atoms with Crippen LogP contribution >= 0.6 is 11.8 Å². The van der Waals surface area contributed by atoms with Crippen molar-refractivity contribution in [3.05, 3.63) is 29.8 Å². The van der Waals surface area contributed by atoms with Gasteiger partial charge in [0, 0.05) is 12.3 Å². The lowest BCUT2D eigenvalue weighted by atomic mass is 10.1. The minimum Gasteiger partial charge on any atom is -0.326 e. The third-order valence-corrected chi connectivity index (χ3v) is 7.03. The highest BCUT2D eigenvalue weighted by Gasteiger charge is 2.17. The van der Waals surface area contributed by atoms with Gasteiger partial charge in [-0.05, 0) is 42.2 Å². The summed E-state index contributed by atoms with van der Waals surface area (Å²) in [7, 11) is -3.14. The Bertz CT molecular complexity index is 505. The zero-order valence-corrected chi connectivity index (χ0v) is 13.4. The Kier molecular flexibility index (Phi) is 5.93. The first-order valence-corrected chi connectivity index (χ1v) is 10.0. The van der Waals surface area contributed by atoms with Gasteiger partial charge in [0.2, 0.25) is 0 Å². The SMILES string of the molecule is NCc1ccc(S(=O)(=O)CCSCC2CCCC2)cc1. The molecule has 3 nitrogen and oxygen atoms in total. The van der Waals surface area contributed by atoms with Crippen LogP contribution in [0.2, 0.25) is 0 Å². The Balaban J connectivity index is 1.80. The average Bonchev–Trinajstić information content (AvgIpc) is 2.97. The molecule has 1 aromatic carbocycles. The normalized spacial score (nSPS) is 16.6.